The maximum absolute atomic E-state index is 13.0. The van der Waals surface area contributed by atoms with Gasteiger partial charge in [-0.3, -0.25) is 0 Å². The van der Waals surface area contributed by atoms with E-state index in [0.29, 0.717) is 0 Å². The van der Waals surface area contributed by atoms with Crippen LogP contribution in [-0.2, 0) is 6.42 Å². The van der Waals surface area contributed by atoms with Crippen molar-refractivity contribution in [3.63, 3.8) is 0 Å². The average molecular weight is 245 g/mol. The summed E-state index contributed by atoms with van der Waals surface area (Å²) in [6.45, 7) is 0. The first-order valence-electron chi connectivity index (χ1n) is 4.07. The zero-order valence-corrected chi connectivity index (χ0v) is 8.15. The zero-order chi connectivity index (χ0) is 11.6. The Morgan fingerprint density at radius 3 is 1.53 bits per heavy atom. The van der Waals surface area contributed by atoms with Gasteiger partial charge < -0.3 is 0 Å². The van der Waals surface area contributed by atoms with Crippen molar-refractivity contribution in [1.82, 2.24) is 0 Å². The fourth-order valence-electron chi connectivity index (χ4n) is 1.11. The van der Waals surface area contributed by atoms with Gasteiger partial charge in [0.1, 0.15) is 0 Å². The minimum Gasteiger partial charge on any atom is -0.203 e. The lowest BCUT2D eigenvalue weighted by Gasteiger charge is -2.06. The summed E-state index contributed by atoms with van der Waals surface area (Å²) in [6, 6.07) is 0. The lowest BCUT2D eigenvalue weighted by Crippen LogP contribution is -2.07. The second-order valence-corrected chi connectivity index (χ2v) is 3.22. The molecule has 6 heteroatoms. The molecule has 1 aromatic rings. The van der Waals surface area contributed by atoms with Gasteiger partial charge in [-0.25, -0.2) is 22.0 Å². The van der Waals surface area contributed by atoms with Crippen molar-refractivity contribution in [2.24, 2.45) is 0 Å². The Hall–Kier alpha value is -0.840. The number of halogens is 6. The Kier molecular flexibility index (Phi) is 3.90. The molecule has 0 amide bonds. The van der Waals surface area contributed by atoms with E-state index in [9.17, 15) is 22.0 Å². The Morgan fingerprint density at radius 1 is 0.733 bits per heavy atom. The van der Waals surface area contributed by atoms with Crippen LogP contribution in [0.2, 0.25) is 0 Å². The van der Waals surface area contributed by atoms with Crippen LogP contribution < -0.4 is 0 Å². The van der Waals surface area contributed by atoms with E-state index in [1.54, 1.807) is 0 Å². The molecule has 0 spiro atoms. The molecule has 0 bridgehead atoms. The van der Waals surface area contributed by atoms with Gasteiger partial charge in [0.25, 0.3) is 0 Å². The molecule has 0 aliphatic rings. The van der Waals surface area contributed by atoms with Crippen molar-refractivity contribution >= 4 is 11.6 Å². The molecule has 0 N–H and O–H groups in total. The third-order valence-electron chi connectivity index (χ3n) is 1.86. The molecule has 0 aromatic heterocycles. The summed E-state index contributed by atoms with van der Waals surface area (Å²) < 4.78 is 63.8. The molecule has 0 aliphatic carbocycles. The van der Waals surface area contributed by atoms with Crippen molar-refractivity contribution in [3.8, 4) is 0 Å². The standard InChI is InChI=1S/C9H6ClF5/c10-3-1-2-4-5(11)7(13)9(15)8(14)6(4)12/h1-3H2. The van der Waals surface area contributed by atoms with Crippen LogP contribution in [0.1, 0.15) is 12.0 Å². The molecule has 84 valence electrons. The molecular formula is C9H6ClF5. The van der Waals surface area contributed by atoms with Gasteiger partial charge in [-0.05, 0) is 12.8 Å². The monoisotopic (exact) mass is 244 g/mol. The minimum absolute atomic E-state index is 0.0828. The first-order chi connectivity index (χ1) is 7.00. The van der Waals surface area contributed by atoms with E-state index < -0.39 is 34.6 Å². The van der Waals surface area contributed by atoms with E-state index in [1.807, 2.05) is 0 Å². The molecule has 0 atom stereocenters. The fraction of sp³-hybridized carbons (Fsp3) is 0.333. The highest BCUT2D eigenvalue weighted by molar-refractivity contribution is 6.17. The number of benzene rings is 1. The maximum Gasteiger partial charge on any atom is 0.200 e. The molecule has 0 unspecified atom stereocenters. The van der Waals surface area contributed by atoms with Gasteiger partial charge in [0, 0.05) is 11.4 Å². The summed E-state index contributed by atoms with van der Waals surface area (Å²) >= 11 is 5.26. The van der Waals surface area contributed by atoms with Crippen molar-refractivity contribution < 1.29 is 22.0 Å². The van der Waals surface area contributed by atoms with E-state index >= 15 is 0 Å². The zero-order valence-electron chi connectivity index (χ0n) is 7.39. The summed E-state index contributed by atoms with van der Waals surface area (Å²) in [7, 11) is 0. The average Bonchev–Trinajstić information content (AvgIpc) is 2.24. The van der Waals surface area contributed by atoms with Gasteiger partial charge in [-0.15, -0.1) is 11.6 Å². The van der Waals surface area contributed by atoms with Crippen LogP contribution in [0.25, 0.3) is 0 Å². The van der Waals surface area contributed by atoms with Gasteiger partial charge in [-0.1, -0.05) is 0 Å². The molecule has 0 saturated carbocycles. The van der Waals surface area contributed by atoms with Crippen LogP contribution >= 0.6 is 11.6 Å². The molecule has 0 heterocycles. The third-order valence-corrected chi connectivity index (χ3v) is 2.13. The third kappa shape index (κ3) is 2.22. The molecule has 1 rings (SSSR count). The van der Waals surface area contributed by atoms with Crippen LogP contribution in [0.4, 0.5) is 22.0 Å². The Balaban J connectivity index is 3.26. The first-order valence-corrected chi connectivity index (χ1v) is 4.60. The Bertz CT molecular complexity index is 348. The van der Waals surface area contributed by atoms with Gasteiger partial charge in [0.15, 0.2) is 23.3 Å². The first kappa shape index (κ1) is 12.2. The second-order valence-electron chi connectivity index (χ2n) is 2.84. The van der Waals surface area contributed by atoms with Crippen LogP contribution in [0.3, 0.4) is 0 Å². The lowest BCUT2D eigenvalue weighted by atomic mass is 10.1. The molecular weight excluding hydrogens is 239 g/mol. The smallest absolute Gasteiger partial charge is 0.200 e. The number of alkyl halides is 1. The van der Waals surface area contributed by atoms with Crippen molar-refractivity contribution in [2.75, 3.05) is 5.88 Å². The van der Waals surface area contributed by atoms with Crippen molar-refractivity contribution in [1.29, 1.82) is 0 Å². The lowest BCUT2D eigenvalue weighted by molar-refractivity contribution is 0.369. The van der Waals surface area contributed by atoms with Crippen LogP contribution in [0, 0.1) is 29.1 Å². The number of hydrogen-bond acceptors (Lipinski definition) is 0. The van der Waals surface area contributed by atoms with E-state index in [1.165, 1.54) is 0 Å². The molecule has 0 aliphatic heterocycles. The normalized spacial score (nSPS) is 10.8. The minimum atomic E-state index is -2.14. The van der Waals surface area contributed by atoms with E-state index in [4.69, 9.17) is 11.6 Å². The molecule has 0 radical (unpaired) electrons. The van der Waals surface area contributed by atoms with Gasteiger partial charge >= 0.3 is 0 Å². The van der Waals surface area contributed by atoms with Crippen LogP contribution in [-0.4, -0.2) is 5.88 Å². The predicted octanol–water partition coefficient (Wildman–Crippen LogP) is 3.55. The predicted molar refractivity (Wildman–Crippen MR) is 45.3 cm³/mol. The summed E-state index contributed by atoms with van der Waals surface area (Å²) in [6.07, 6.45) is -0.144. The maximum atomic E-state index is 13.0. The summed E-state index contributed by atoms with van der Waals surface area (Å²) in [4.78, 5) is 0. The van der Waals surface area contributed by atoms with E-state index in [2.05, 4.69) is 0 Å². The fourth-order valence-corrected chi connectivity index (χ4v) is 1.25. The molecule has 0 fully saturated rings. The quantitative estimate of drug-likeness (QED) is 0.330. The summed E-state index contributed by atoms with van der Waals surface area (Å²) in [5.74, 6) is -9.45. The Labute approximate surface area is 87.7 Å². The summed E-state index contributed by atoms with van der Waals surface area (Å²) in [5.41, 5.74) is -0.813. The van der Waals surface area contributed by atoms with E-state index in [0.717, 1.165) is 0 Å². The highest BCUT2D eigenvalue weighted by atomic mass is 35.5. The molecule has 0 nitrogen and oxygen atoms in total. The molecule has 15 heavy (non-hydrogen) atoms. The molecule has 1 aromatic carbocycles. The Morgan fingerprint density at radius 2 is 1.13 bits per heavy atom. The molecule has 0 saturated heterocycles. The van der Waals surface area contributed by atoms with E-state index in [-0.39, 0.29) is 18.7 Å². The van der Waals surface area contributed by atoms with Crippen LogP contribution in [0.5, 0.6) is 0 Å². The van der Waals surface area contributed by atoms with Crippen molar-refractivity contribution in [3.05, 3.63) is 34.6 Å². The van der Waals surface area contributed by atoms with Gasteiger partial charge in [-0.2, -0.15) is 0 Å². The summed E-state index contributed by atoms with van der Waals surface area (Å²) in [5, 5.41) is 0. The number of rotatable bonds is 3. The number of hydrogen-bond donors (Lipinski definition) is 0. The van der Waals surface area contributed by atoms with Crippen molar-refractivity contribution in [2.45, 2.75) is 12.8 Å². The topological polar surface area (TPSA) is 0 Å². The highest BCUT2D eigenvalue weighted by Gasteiger charge is 2.24. The highest BCUT2D eigenvalue weighted by Crippen LogP contribution is 2.23. The van der Waals surface area contributed by atoms with Gasteiger partial charge in [0.2, 0.25) is 5.82 Å². The largest absolute Gasteiger partial charge is 0.203 e. The van der Waals surface area contributed by atoms with Gasteiger partial charge in [0.05, 0.1) is 0 Å². The second kappa shape index (κ2) is 4.79. The SMILES string of the molecule is Fc1c(F)c(F)c(CCCCl)c(F)c1F. The van der Waals surface area contributed by atoms with Crippen LogP contribution in [0.15, 0.2) is 0 Å².